The Morgan fingerprint density at radius 3 is 2.41 bits per heavy atom. The highest BCUT2D eigenvalue weighted by Crippen LogP contribution is 2.30. The predicted molar refractivity (Wildman–Crippen MR) is 132 cm³/mol. The van der Waals surface area contributed by atoms with E-state index in [4.69, 9.17) is 21.1 Å². The molecule has 4 rings (SSSR count). The second-order valence-electron chi connectivity index (χ2n) is 6.94. The Morgan fingerprint density at radius 1 is 1.00 bits per heavy atom. The molecule has 1 heterocycles. The first-order valence-corrected chi connectivity index (χ1v) is 11.1. The average molecular weight is 561 g/mol. The standard InChI is InChI=1S/C24H18ClIN2O4/c1-31-22-13-16(4-11-21(22)32-14-15-2-5-17(25)6-3-15)12-20-23(29)27-28(24(20)30)19-9-7-18(26)8-10-19/h2-13H,14H2,1H3,(H,27,29)/b20-12+. The maximum absolute atomic E-state index is 12.8. The molecule has 3 aromatic rings. The van der Waals surface area contributed by atoms with Crippen molar-refractivity contribution in [3.63, 3.8) is 0 Å². The van der Waals surface area contributed by atoms with Gasteiger partial charge in [0.05, 0.1) is 12.8 Å². The van der Waals surface area contributed by atoms with Crippen molar-refractivity contribution in [2.24, 2.45) is 0 Å². The molecule has 1 saturated heterocycles. The van der Waals surface area contributed by atoms with Gasteiger partial charge >= 0.3 is 0 Å². The molecular weight excluding hydrogens is 543 g/mol. The summed E-state index contributed by atoms with van der Waals surface area (Å²) in [5, 5.41) is 1.90. The van der Waals surface area contributed by atoms with Crippen LogP contribution in [0.15, 0.2) is 72.3 Å². The number of amides is 2. The van der Waals surface area contributed by atoms with Crippen LogP contribution in [0, 0.1) is 3.57 Å². The summed E-state index contributed by atoms with van der Waals surface area (Å²) in [4.78, 5) is 25.3. The molecule has 1 aliphatic rings. The minimum absolute atomic E-state index is 0.0421. The normalized spacial score (nSPS) is 14.6. The molecular formula is C24H18ClIN2O4. The Balaban J connectivity index is 1.53. The number of hydrazine groups is 1. The predicted octanol–water partition coefficient (Wildman–Crippen LogP) is 4.99. The van der Waals surface area contributed by atoms with Crippen molar-refractivity contribution < 1.29 is 19.1 Å². The van der Waals surface area contributed by atoms with Crippen LogP contribution in [0.5, 0.6) is 11.5 Å². The highest BCUT2D eigenvalue weighted by Gasteiger charge is 2.34. The third kappa shape index (κ3) is 4.89. The molecule has 0 aromatic heterocycles. The van der Waals surface area contributed by atoms with Gasteiger partial charge < -0.3 is 9.47 Å². The van der Waals surface area contributed by atoms with E-state index in [1.807, 2.05) is 24.3 Å². The number of hydrogen-bond donors (Lipinski definition) is 1. The van der Waals surface area contributed by atoms with Crippen LogP contribution in [0.3, 0.4) is 0 Å². The Morgan fingerprint density at radius 2 is 1.72 bits per heavy atom. The first-order valence-electron chi connectivity index (χ1n) is 9.62. The fourth-order valence-corrected chi connectivity index (χ4v) is 3.62. The fourth-order valence-electron chi connectivity index (χ4n) is 3.13. The van der Waals surface area contributed by atoms with Gasteiger partial charge in [-0.05, 0) is 88.3 Å². The summed E-state index contributed by atoms with van der Waals surface area (Å²) in [6.07, 6.45) is 1.54. The van der Waals surface area contributed by atoms with Crippen LogP contribution in [0.2, 0.25) is 5.02 Å². The zero-order valence-corrected chi connectivity index (χ0v) is 19.9. The number of methoxy groups -OCH3 is 1. The van der Waals surface area contributed by atoms with E-state index < -0.39 is 11.8 Å². The second kappa shape index (κ2) is 9.62. The van der Waals surface area contributed by atoms with Gasteiger partial charge in [-0.1, -0.05) is 29.8 Å². The van der Waals surface area contributed by atoms with E-state index in [1.54, 1.807) is 42.5 Å². The molecule has 0 saturated carbocycles. The smallest absolute Gasteiger partial charge is 0.282 e. The maximum Gasteiger partial charge on any atom is 0.282 e. The quantitative estimate of drug-likeness (QED) is 0.262. The first kappa shape index (κ1) is 22.2. The van der Waals surface area contributed by atoms with E-state index in [-0.39, 0.29) is 5.57 Å². The minimum Gasteiger partial charge on any atom is -0.493 e. The summed E-state index contributed by atoms with van der Waals surface area (Å²) in [6.45, 7) is 0.347. The molecule has 162 valence electrons. The molecule has 0 unspecified atom stereocenters. The van der Waals surface area contributed by atoms with E-state index in [9.17, 15) is 9.59 Å². The Kier molecular flexibility index (Phi) is 6.66. The number of halogens is 2. The highest BCUT2D eigenvalue weighted by molar-refractivity contribution is 14.1. The molecule has 2 amide bonds. The largest absolute Gasteiger partial charge is 0.493 e. The van der Waals surface area contributed by atoms with Crippen molar-refractivity contribution in [2.75, 3.05) is 12.1 Å². The fraction of sp³-hybridized carbons (Fsp3) is 0.0833. The van der Waals surface area contributed by atoms with Gasteiger partial charge in [-0.2, -0.15) is 0 Å². The number of anilines is 1. The SMILES string of the molecule is COc1cc(/C=C2\C(=O)NN(c3ccc(I)cc3)C2=O)ccc1OCc1ccc(Cl)cc1. The lowest BCUT2D eigenvalue weighted by Crippen LogP contribution is -2.35. The number of ether oxygens (including phenoxy) is 2. The number of carbonyl (C=O) groups is 2. The summed E-state index contributed by atoms with van der Waals surface area (Å²) >= 11 is 8.09. The van der Waals surface area contributed by atoms with Crippen LogP contribution in [0.25, 0.3) is 6.08 Å². The van der Waals surface area contributed by atoms with Gasteiger partial charge in [0.15, 0.2) is 11.5 Å². The van der Waals surface area contributed by atoms with Crippen molar-refractivity contribution in [3.05, 3.63) is 92.0 Å². The van der Waals surface area contributed by atoms with Crippen LogP contribution in [0.1, 0.15) is 11.1 Å². The zero-order valence-electron chi connectivity index (χ0n) is 17.0. The van der Waals surface area contributed by atoms with Gasteiger partial charge in [0.1, 0.15) is 12.2 Å². The number of benzene rings is 3. The van der Waals surface area contributed by atoms with Crippen molar-refractivity contribution in [1.29, 1.82) is 0 Å². The average Bonchev–Trinajstić information content (AvgIpc) is 3.08. The van der Waals surface area contributed by atoms with Crippen LogP contribution >= 0.6 is 34.2 Å². The first-order chi connectivity index (χ1) is 15.4. The number of carbonyl (C=O) groups excluding carboxylic acids is 2. The maximum atomic E-state index is 12.8. The molecule has 0 bridgehead atoms. The Labute approximate surface area is 203 Å². The van der Waals surface area contributed by atoms with Crippen molar-refractivity contribution in [1.82, 2.24) is 5.43 Å². The van der Waals surface area contributed by atoms with E-state index >= 15 is 0 Å². The number of hydrogen-bond acceptors (Lipinski definition) is 4. The summed E-state index contributed by atoms with van der Waals surface area (Å²) in [5.41, 5.74) is 4.84. The number of nitrogens with zero attached hydrogens (tertiary/aromatic N) is 1. The molecule has 32 heavy (non-hydrogen) atoms. The van der Waals surface area contributed by atoms with E-state index in [1.165, 1.54) is 18.2 Å². The molecule has 1 fully saturated rings. The topological polar surface area (TPSA) is 67.9 Å². The van der Waals surface area contributed by atoms with E-state index in [0.29, 0.717) is 34.4 Å². The minimum atomic E-state index is -0.462. The summed E-state index contributed by atoms with van der Waals surface area (Å²) in [5.74, 6) is 0.162. The van der Waals surface area contributed by atoms with Crippen LogP contribution < -0.4 is 19.9 Å². The lowest BCUT2D eigenvalue weighted by molar-refractivity contribution is -0.117. The van der Waals surface area contributed by atoms with Crippen molar-refractivity contribution in [3.8, 4) is 11.5 Å². The summed E-state index contributed by atoms with van der Waals surface area (Å²) in [6, 6.07) is 19.9. The zero-order chi connectivity index (χ0) is 22.7. The Hall–Kier alpha value is -3.04. The van der Waals surface area contributed by atoms with Gasteiger partial charge in [-0.25, -0.2) is 5.01 Å². The number of rotatable bonds is 6. The van der Waals surface area contributed by atoms with Gasteiger partial charge in [0.2, 0.25) is 0 Å². The monoisotopic (exact) mass is 560 g/mol. The molecule has 3 aromatic carbocycles. The lowest BCUT2D eigenvalue weighted by atomic mass is 10.1. The molecule has 0 atom stereocenters. The van der Waals surface area contributed by atoms with E-state index in [2.05, 4.69) is 28.0 Å². The second-order valence-corrected chi connectivity index (χ2v) is 8.62. The Bertz CT molecular complexity index is 1190. The molecule has 0 aliphatic carbocycles. The molecule has 6 nitrogen and oxygen atoms in total. The van der Waals surface area contributed by atoms with Crippen molar-refractivity contribution in [2.45, 2.75) is 6.61 Å². The van der Waals surface area contributed by atoms with Crippen LogP contribution in [-0.4, -0.2) is 18.9 Å². The third-order valence-corrected chi connectivity index (χ3v) is 5.75. The molecule has 8 heteroatoms. The molecule has 1 aliphatic heterocycles. The third-order valence-electron chi connectivity index (χ3n) is 4.78. The van der Waals surface area contributed by atoms with Gasteiger partial charge in [0, 0.05) is 8.59 Å². The van der Waals surface area contributed by atoms with Crippen LogP contribution in [-0.2, 0) is 16.2 Å². The van der Waals surface area contributed by atoms with E-state index in [0.717, 1.165) is 9.13 Å². The lowest BCUT2D eigenvalue weighted by Gasteiger charge is -2.14. The molecule has 1 N–H and O–H groups in total. The van der Waals surface area contributed by atoms with Gasteiger partial charge in [0.25, 0.3) is 11.8 Å². The summed E-state index contributed by atoms with van der Waals surface area (Å²) < 4.78 is 12.3. The van der Waals surface area contributed by atoms with Gasteiger partial charge in [-0.15, -0.1) is 0 Å². The van der Waals surface area contributed by atoms with Crippen molar-refractivity contribution >= 4 is 57.8 Å². The van der Waals surface area contributed by atoms with Crippen LogP contribution in [0.4, 0.5) is 5.69 Å². The number of nitrogens with one attached hydrogen (secondary N) is 1. The molecule has 0 radical (unpaired) electrons. The summed E-state index contributed by atoms with van der Waals surface area (Å²) in [7, 11) is 1.54. The molecule has 0 spiro atoms. The highest BCUT2D eigenvalue weighted by atomic mass is 127. The van der Waals surface area contributed by atoms with Gasteiger partial charge in [-0.3, -0.25) is 15.0 Å².